The predicted octanol–water partition coefficient (Wildman–Crippen LogP) is 4.53. The second kappa shape index (κ2) is 10.7. The Hall–Kier alpha value is -4.15. The first-order valence-electron chi connectivity index (χ1n) is 11.7. The molecule has 2 aromatic carbocycles. The van der Waals surface area contributed by atoms with Crippen LogP contribution in [0.2, 0.25) is 0 Å². The standard InChI is InChI=1S/C28H30N2O8/c1-13-9-15-10-18(29-23(28(32)38-8)21(15)26(36-6)24(13)34-4)22-16-12-20(33-3)14(2)25(35-5)17(16)11-19(30-22)27(31)37-7/h9-12,28,32H,1-8H3. The van der Waals surface area contributed by atoms with E-state index in [0.717, 1.165) is 11.1 Å². The van der Waals surface area contributed by atoms with E-state index in [1.165, 1.54) is 21.3 Å². The lowest BCUT2D eigenvalue weighted by atomic mass is 9.98. The fraction of sp³-hybridized carbons (Fsp3) is 0.321. The van der Waals surface area contributed by atoms with Gasteiger partial charge in [0, 0.05) is 23.4 Å². The maximum Gasteiger partial charge on any atom is 0.356 e. The van der Waals surface area contributed by atoms with Crippen LogP contribution < -0.4 is 18.9 Å². The smallest absolute Gasteiger partial charge is 0.356 e. The van der Waals surface area contributed by atoms with Gasteiger partial charge in [0.25, 0.3) is 0 Å². The molecule has 0 amide bonds. The summed E-state index contributed by atoms with van der Waals surface area (Å²) in [5.41, 5.74) is 2.56. The van der Waals surface area contributed by atoms with E-state index in [9.17, 15) is 9.90 Å². The quantitative estimate of drug-likeness (QED) is 0.261. The van der Waals surface area contributed by atoms with Crippen molar-refractivity contribution in [2.24, 2.45) is 0 Å². The van der Waals surface area contributed by atoms with E-state index in [-0.39, 0.29) is 11.4 Å². The molecule has 0 saturated heterocycles. The molecule has 10 nitrogen and oxygen atoms in total. The molecule has 1 N–H and O–H groups in total. The van der Waals surface area contributed by atoms with Crippen molar-refractivity contribution < 1.29 is 38.3 Å². The summed E-state index contributed by atoms with van der Waals surface area (Å²) in [6, 6.07) is 7.12. The van der Waals surface area contributed by atoms with Gasteiger partial charge >= 0.3 is 5.97 Å². The summed E-state index contributed by atoms with van der Waals surface area (Å²) in [7, 11) is 8.82. The number of aryl methyl sites for hydroxylation is 1. The molecule has 0 bridgehead atoms. The van der Waals surface area contributed by atoms with Crippen LogP contribution in [-0.2, 0) is 9.47 Å². The average Bonchev–Trinajstić information content (AvgIpc) is 2.93. The molecule has 200 valence electrons. The number of esters is 1. The van der Waals surface area contributed by atoms with Crippen LogP contribution in [0.4, 0.5) is 0 Å². The normalized spacial score (nSPS) is 11.9. The van der Waals surface area contributed by atoms with Gasteiger partial charge in [0.1, 0.15) is 22.9 Å². The lowest BCUT2D eigenvalue weighted by molar-refractivity contribution is -0.0787. The number of fused-ring (bicyclic) bond motifs is 2. The zero-order valence-electron chi connectivity index (χ0n) is 22.6. The van der Waals surface area contributed by atoms with Gasteiger partial charge in [-0.15, -0.1) is 0 Å². The van der Waals surface area contributed by atoms with Gasteiger partial charge in [0.05, 0.1) is 52.3 Å². The number of ether oxygens (including phenoxy) is 6. The lowest BCUT2D eigenvalue weighted by Crippen LogP contribution is -2.09. The number of benzene rings is 2. The number of methoxy groups -OCH3 is 6. The monoisotopic (exact) mass is 522 g/mol. The molecule has 0 aliphatic heterocycles. The van der Waals surface area contributed by atoms with Crippen molar-refractivity contribution in [1.29, 1.82) is 0 Å². The van der Waals surface area contributed by atoms with Crippen molar-refractivity contribution in [1.82, 2.24) is 9.97 Å². The van der Waals surface area contributed by atoms with E-state index in [2.05, 4.69) is 4.98 Å². The molecule has 10 heteroatoms. The highest BCUT2D eigenvalue weighted by Gasteiger charge is 2.25. The first-order valence-corrected chi connectivity index (χ1v) is 11.7. The Labute approximate surface area is 220 Å². The molecular weight excluding hydrogens is 492 g/mol. The Morgan fingerprint density at radius 1 is 0.816 bits per heavy atom. The number of carbonyl (C=O) groups is 1. The number of pyridine rings is 2. The molecule has 1 unspecified atom stereocenters. The number of hydrogen-bond donors (Lipinski definition) is 1. The van der Waals surface area contributed by atoms with Crippen LogP contribution in [0.25, 0.3) is 32.9 Å². The second-order valence-electron chi connectivity index (χ2n) is 8.52. The summed E-state index contributed by atoms with van der Waals surface area (Å²) in [6.07, 6.45) is -1.39. The maximum absolute atomic E-state index is 12.6. The largest absolute Gasteiger partial charge is 0.496 e. The van der Waals surface area contributed by atoms with Crippen molar-refractivity contribution in [3.8, 4) is 34.4 Å². The van der Waals surface area contributed by atoms with Crippen LogP contribution in [0, 0.1) is 13.8 Å². The Balaban J connectivity index is 2.20. The molecule has 4 rings (SSSR count). The molecule has 1 atom stereocenters. The second-order valence-corrected chi connectivity index (χ2v) is 8.52. The predicted molar refractivity (Wildman–Crippen MR) is 141 cm³/mol. The van der Waals surface area contributed by atoms with Crippen molar-refractivity contribution in [3.63, 3.8) is 0 Å². The van der Waals surface area contributed by atoms with Crippen LogP contribution in [0.15, 0.2) is 24.3 Å². The van der Waals surface area contributed by atoms with Gasteiger partial charge in [-0.2, -0.15) is 0 Å². The number of rotatable bonds is 8. The molecule has 0 fully saturated rings. The number of aromatic nitrogens is 2. The SMILES string of the molecule is COC(=O)c1cc2c(OC)c(C)c(OC)cc2c(-c2cc3cc(C)c(OC)c(OC)c3c(C(O)OC)n2)n1. The first-order chi connectivity index (χ1) is 18.2. The van der Waals surface area contributed by atoms with Gasteiger partial charge in [-0.3, -0.25) is 0 Å². The zero-order valence-corrected chi connectivity index (χ0v) is 22.6. The van der Waals surface area contributed by atoms with Gasteiger partial charge in [0.15, 0.2) is 17.8 Å². The molecule has 0 aliphatic carbocycles. The maximum atomic E-state index is 12.6. The Morgan fingerprint density at radius 2 is 1.50 bits per heavy atom. The molecule has 4 aromatic rings. The van der Waals surface area contributed by atoms with Crippen LogP contribution in [-0.4, -0.2) is 63.7 Å². The Morgan fingerprint density at radius 3 is 2.08 bits per heavy atom. The topological polar surface area (TPSA) is 118 Å². The van der Waals surface area contributed by atoms with Crippen LogP contribution >= 0.6 is 0 Å². The molecule has 2 aromatic heterocycles. The zero-order chi connectivity index (χ0) is 27.7. The highest BCUT2D eigenvalue weighted by molar-refractivity contribution is 6.05. The van der Waals surface area contributed by atoms with Gasteiger partial charge in [-0.25, -0.2) is 14.8 Å². The van der Waals surface area contributed by atoms with Gasteiger partial charge in [0.2, 0.25) is 0 Å². The van der Waals surface area contributed by atoms with Crippen molar-refractivity contribution in [2.75, 3.05) is 42.7 Å². The van der Waals surface area contributed by atoms with Crippen LogP contribution in [0.1, 0.15) is 33.6 Å². The number of hydrogen-bond acceptors (Lipinski definition) is 10. The van der Waals surface area contributed by atoms with Gasteiger partial charge < -0.3 is 33.5 Å². The Kier molecular flexibility index (Phi) is 7.56. The molecule has 38 heavy (non-hydrogen) atoms. The van der Waals surface area contributed by atoms with E-state index in [0.29, 0.717) is 55.9 Å². The number of aliphatic hydroxyl groups is 1. The summed E-state index contributed by atoms with van der Waals surface area (Å²) in [4.78, 5) is 22.0. The van der Waals surface area contributed by atoms with E-state index in [4.69, 9.17) is 33.4 Å². The highest BCUT2D eigenvalue weighted by atomic mass is 16.6. The number of nitrogens with zero attached hydrogens (tertiary/aromatic N) is 2. The van der Waals surface area contributed by atoms with Gasteiger partial charge in [-0.05, 0) is 49.1 Å². The third-order valence-electron chi connectivity index (χ3n) is 6.46. The molecule has 0 radical (unpaired) electrons. The number of aliphatic hydroxyl groups excluding tert-OH is 1. The minimum atomic E-state index is -1.39. The lowest BCUT2D eigenvalue weighted by Gasteiger charge is -2.20. The fourth-order valence-electron chi connectivity index (χ4n) is 4.72. The molecule has 0 saturated carbocycles. The highest BCUT2D eigenvalue weighted by Crippen LogP contribution is 2.44. The summed E-state index contributed by atoms with van der Waals surface area (Å²) in [6.45, 7) is 3.75. The molecule has 2 heterocycles. The van der Waals surface area contributed by atoms with Crippen molar-refractivity contribution in [2.45, 2.75) is 20.1 Å². The molecular formula is C28H30N2O8. The third-order valence-corrected chi connectivity index (χ3v) is 6.46. The van der Waals surface area contributed by atoms with E-state index in [1.54, 1.807) is 33.5 Å². The van der Waals surface area contributed by atoms with Crippen molar-refractivity contribution in [3.05, 3.63) is 46.8 Å². The van der Waals surface area contributed by atoms with Crippen molar-refractivity contribution >= 4 is 27.5 Å². The van der Waals surface area contributed by atoms with Gasteiger partial charge in [-0.1, -0.05) is 0 Å². The summed E-state index contributed by atoms with van der Waals surface area (Å²) in [5.74, 6) is 1.40. The number of carbonyl (C=O) groups excluding carboxylic acids is 1. The Bertz CT molecular complexity index is 1550. The van der Waals surface area contributed by atoms with E-state index >= 15 is 0 Å². The molecule has 0 spiro atoms. The third kappa shape index (κ3) is 4.31. The minimum Gasteiger partial charge on any atom is -0.496 e. The molecule has 0 aliphatic rings. The summed E-state index contributed by atoms with van der Waals surface area (Å²) < 4.78 is 32.8. The summed E-state index contributed by atoms with van der Waals surface area (Å²) in [5, 5.41) is 13.3. The minimum absolute atomic E-state index is 0.0668. The van der Waals surface area contributed by atoms with E-state index < -0.39 is 12.3 Å². The fourth-order valence-corrected chi connectivity index (χ4v) is 4.72. The summed E-state index contributed by atoms with van der Waals surface area (Å²) >= 11 is 0. The average molecular weight is 523 g/mol. The van der Waals surface area contributed by atoms with E-state index in [1.807, 2.05) is 26.0 Å². The van der Waals surface area contributed by atoms with Crippen LogP contribution in [0.5, 0.6) is 23.0 Å². The van der Waals surface area contributed by atoms with Crippen LogP contribution in [0.3, 0.4) is 0 Å². The first kappa shape index (κ1) is 26.9.